The minimum absolute atomic E-state index is 0.0668. The lowest BCUT2D eigenvalue weighted by atomic mass is 9.99. The van der Waals surface area contributed by atoms with Crippen molar-refractivity contribution in [2.24, 2.45) is 5.92 Å². The van der Waals surface area contributed by atoms with E-state index in [4.69, 9.17) is 4.52 Å². The fourth-order valence-electron chi connectivity index (χ4n) is 2.58. The van der Waals surface area contributed by atoms with Crippen molar-refractivity contribution >= 4 is 5.91 Å². The van der Waals surface area contributed by atoms with Gasteiger partial charge < -0.3 is 4.90 Å². The van der Waals surface area contributed by atoms with E-state index in [2.05, 4.69) is 17.1 Å². The maximum absolute atomic E-state index is 12.4. The molecule has 1 amide bonds. The van der Waals surface area contributed by atoms with Crippen LogP contribution in [0.2, 0.25) is 0 Å². The summed E-state index contributed by atoms with van der Waals surface area (Å²) in [4.78, 5) is 30.1. The zero-order valence-corrected chi connectivity index (χ0v) is 12.4. The number of hydrogen-bond donors (Lipinski definition) is 0. The highest BCUT2D eigenvalue weighted by molar-refractivity contribution is 5.76. The fourth-order valence-corrected chi connectivity index (χ4v) is 2.58. The minimum Gasteiger partial charge on any atom is -0.341 e. The Morgan fingerprint density at radius 1 is 1.36 bits per heavy atom. The highest BCUT2D eigenvalue weighted by Crippen LogP contribution is 2.17. The molecule has 0 spiro atoms. The van der Waals surface area contributed by atoms with E-state index in [1.54, 1.807) is 29.3 Å². The number of amides is 1. The van der Waals surface area contributed by atoms with Crippen LogP contribution >= 0.6 is 0 Å². The van der Waals surface area contributed by atoms with Gasteiger partial charge in [0.1, 0.15) is 12.2 Å². The lowest BCUT2D eigenvalue weighted by Gasteiger charge is -2.30. The van der Waals surface area contributed by atoms with Crippen molar-refractivity contribution in [1.29, 1.82) is 0 Å². The van der Waals surface area contributed by atoms with E-state index in [0.29, 0.717) is 11.6 Å². The lowest BCUT2D eigenvalue weighted by molar-refractivity contribution is -0.133. The number of nitrogens with zero attached hydrogens (tertiary/aromatic N) is 4. The summed E-state index contributed by atoms with van der Waals surface area (Å²) in [6, 6.07) is 5.28. The molecule has 0 radical (unpaired) electrons. The normalized spacial score (nSPS) is 16.0. The maximum Gasteiger partial charge on any atom is 0.442 e. The van der Waals surface area contributed by atoms with Gasteiger partial charge in [-0.15, -0.1) is 0 Å². The number of rotatable bonds is 3. The molecule has 3 rings (SSSR count). The summed E-state index contributed by atoms with van der Waals surface area (Å²) < 4.78 is 5.94. The first-order valence-electron chi connectivity index (χ1n) is 7.41. The molecule has 0 unspecified atom stereocenters. The van der Waals surface area contributed by atoms with Gasteiger partial charge in [-0.1, -0.05) is 18.1 Å². The summed E-state index contributed by atoms with van der Waals surface area (Å²) in [5.74, 6) is 0.199. The molecular weight excluding hydrogens is 284 g/mol. The number of piperidine rings is 1. The Balaban J connectivity index is 1.79. The van der Waals surface area contributed by atoms with Gasteiger partial charge in [0.15, 0.2) is 0 Å². The average Bonchev–Trinajstić information content (AvgIpc) is 2.90. The number of hydrogen-bond acceptors (Lipinski definition) is 5. The molecule has 1 saturated heterocycles. The molecule has 0 atom stereocenters. The summed E-state index contributed by atoms with van der Waals surface area (Å²) in [6.45, 7) is 3.59. The van der Waals surface area contributed by atoms with Crippen molar-refractivity contribution in [2.45, 2.75) is 26.3 Å². The first kappa shape index (κ1) is 14.5. The van der Waals surface area contributed by atoms with Crippen LogP contribution in [-0.4, -0.2) is 38.6 Å². The van der Waals surface area contributed by atoms with Crippen LogP contribution in [0.5, 0.6) is 0 Å². The molecule has 116 valence electrons. The van der Waals surface area contributed by atoms with Gasteiger partial charge in [0.25, 0.3) is 0 Å². The molecule has 1 aliphatic rings. The molecule has 0 bridgehead atoms. The molecule has 7 nitrogen and oxygen atoms in total. The van der Waals surface area contributed by atoms with Gasteiger partial charge in [-0.05, 0) is 30.9 Å². The second-order valence-electron chi connectivity index (χ2n) is 5.64. The van der Waals surface area contributed by atoms with Crippen LogP contribution in [0.25, 0.3) is 11.5 Å². The second-order valence-corrected chi connectivity index (χ2v) is 5.64. The Morgan fingerprint density at radius 3 is 2.82 bits per heavy atom. The average molecular weight is 302 g/mol. The molecule has 0 N–H and O–H groups in total. The molecule has 0 aromatic carbocycles. The SMILES string of the molecule is CC1CCN(C(=O)Cn2c(-c3ccccn3)noc2=O)CC1. The Morgan fingerprint density at radius 2 is 2.14 bits per heavy atom. The third kappa shape index (κ3) is 2.93. The molecule has 2 aromatic heterocycles. The zero-order chi connectivity index (χ0) is 15.5. The number of carbonyl (C=O) groups excluding carboxylic acids is 1. The van der Waals surface area contributed by atoms with E-state index >= 15 is 0 Å². The Hall–Kier alpha value is -2.44. The Bertz CT molecular complexity index is 699. The van der Waals surface area contributed by atoms with Crippen molar-refractivity contribution < 1.29 is 9.32 Å². The van der Waals surface area contributed by atoms with E-state index in [-0.39, 0.29) is 18.3 Å². The molecular formula is C15H18N4O3. The van der Waals surface area contributed by atoms with Crippen LogP contribution in [0.15, 0.2) is 33.7 Å². The van der Waals surface area contributed by atoms with Gasteiger partial charge >= 0.3 is 5.76 Å². The van der Waals surface area contributed by atoms with Crippen LogP contribution in [0, 0.1) is 5.92 Å². The molecule has 3 heterocycles. The molecule has 1 fully saturated rings. The van der Waals surface area contributed by atoms with E-state index in [9.17, 15) is 9.59 Å². The second kappa shape index (κ2) is 6.13. The molecule has 22 heavy (non-hydrogen) atoms. The quantitative estimate of drug-likeness (QED) is 0.849. The lowest BCUT2D eigenvalue weighted by Crippen LogP contribution is -2.40. The van der Waals surface area contributed by atoms with Gasteiger partial charge in [0.2, 0.25) is 11.7 Å². The largest absolute Gasteiger partial charge is 0.442 e. The molecule has 0 aliphatic carbocycles. The van der Waals surface area contributed by atoms with Crippen molar-refractivity contribution in [3.05, 3.63) is 34.9 Å². The van der Waals surface area contributed by atoms with Crippen LogP contribution in [0.1, 0.15) is 19.8 Å². The number of aromatic nitrogens is 3. The monoisotopic (exact) mass is 302 g/mol. The molecule has 0 saturated carbocycles. The fraction of sp³-hybridized carbons (Fsp3) is 0.467. The number of pyridine rings is 1. The van der Waals surface area contributed by atoms with Crippen molar-refractivity contribution in [3.8, 4) is 11.5 Å². The van der Waals surface area contributed by atoms with E-state index in [1.807, 2.05) is 0 Å². The summed E-state index contributed by atoms with van der Waals surface area (Å²) >= 11 is 0. The van der Waals surface area contributed by atoms with Gasteiger partial charge in [-0.3, -0.25) is 14.3 Å². The van der Waals surface area contributed by atoms with Crippen molar-refractivity contribution in [1.82, 2.24) is 19.6 Å². The maximum atomic E-state index is 12.4. The first-order valence-corrected chi connectivity index (χ1v) is 7.41. The predicted molar refractivity (Wildman–Crippen MR) is 79.0 cm³/mol. The van der Waals surface area contributed by atoms with Crippen molar-refractivity contribution in [3.63, 3.8) is 0 Å². The van der Waals surface area contributed by atoms with Crippen LogP contribution in [0.3, 0.4) is 0 Å². The highest BCUT2D eigenvalue weighted by Gasteiger charge is 2.23. The van der Waals surface area contributed by atoms with E-state index < -0.39 is 5.76 Å². The van der Waals surface area contributed by atoms with Crippen LogP contribution in [0.4, 0.5) is 0 Å². The third-order valence-corrected chi connectivity index (χ3v) is 4.01. The van der Waals surface area contributed by atoms with Gasteiger partial charge in [-0.25, -0.2) is 9.36 Å². The third-order valence-electron chi connectivity index (χ3n) is 4.01. The summed E-state index contributed by atoms with van der Waals surface area (Å²) in [7, 11) is 0. The van der Waals surface area contributed by atoms with E-state index in [1.165, 1.54) is 4.57 Å². The standard InChI is InChI=1S/C15H18N4O3/c1-11-5-8-18(9-6-11)13(20)10-19-14(17-22-15(19)21)12-4-2-3-7-16-12/h2-4,7,11H,5-6,8-10H2,1H3. The van der Waals surface area contributed by atoms with Crippen LogP contribution < -0.4 is 5.76 Å². The van der Waals surface area contributed by atoms with Gasteiger partial charge in [-0.2, -0.15) is 0 Å². The number of carbonyl (C=O) groups is 1. The van der Waals surface area contributed by atoms with E-state index in [0.717, 1.165) is 25.9 Å². The highest BCUT2D eigenvalue weighted by atomic mass is 16.5. The minimum atomic E-state index is -0.639. The zero-order valence-electron chi connectivity index (χ0n) is 12.4. The number of likely N-dealkylation sites (tertiary alicyclic amines) is 1. The predicted octanol–water partition coefficient (Wildman–Crippen LogP) is 1.16. The summed E-state index contributed by atoms with van der Waals surface area (Å²) in [6.07, 6.45) is 3.60. The smallest absolute Gasteiger partial charge is 0.341 e. The molecule has 1 aliphatic heterocycles. The van der Waals surface area contributed by atoms with Gasteiger partial charge in [0, 0.05) is 19.3 Å². The topological polar surface area (TPSA) is 81.2 Å². The molecule has 2 aromatic rings. The molecule has 7 heteroatoms. The van der Waals surface area contributed by atoms with Crippen molar-refractivity contribution in [2.75, 3.05) is 13.1 Å². The van der Waals surface area contributed by atoms with Gasteiger partial charge in [0.05, 0.1) is 0 Å². The van der Waals surface area contributed by atoms with Crippen LogP contribution in [-0.2, 0) is 11.3 Å². The Labute approximate surface area is 127 Å². The first-order chi connectivity index (χ1) is 10.6. The summed E-state index contributed by atoms with van der Waals surface area (Å²) in [5.41, 5.74) is 0.508. The summed E-state index contributed by atoms with van der Waals surface area (Å²) in [5, 5.41) is 3.74. The Kier molecular flexibility index (Phi) is 4.04.